The van der Waals surface area contributed by atoms with Gasteiger partial charge in [-0.25, -0.2) is 4.98 Å². The van der Waals surface area contributed by atoms with Gasteiger partial charge in [0.05, 0.1) is 11.2 Å². The second-order valence-corrected chi connectivity index (χ2v) is 4.91. The predicted octanol–water partition coefficient (Wildman–Crippen LogP) is 0.366. The van der Waals surface area contributed by atoms with Crippen LogP contribution in [0, 0.1) is 6.92 Å². The van der Waals surface area contributed by atoms with Crippen LogP contribution in [-0.2, 0) is 4.79 Å². The third-order valence-corrected chi connectivity index (χ3v) is 3.48. The minimum Gasteiger partial charge on any atom is -0.342 e. The zero-order valence-corrected chi connectivity index (χ0v) is 9.87. The Hall–Kier alpha value is -1.43. The molecule has 2 rings (SSSR count). The Morgan fingerprint density at radius 3 is 2.62 bits per heavy atom. The average Bonchev–Trinajstić information content (AvgIpc) is 2.75. The number of carbonyl (C=O) groups excluding carboxylic acids is 2. The fourth-order valence-electron chi connectivity index (χ4n) is 1.65. The number of hydrogen-bond donors (Lipinski definition) is 0. The number of carbonyl (C=O) groups is 2. The molecule has 86 valence electrons. The molecule has 1 aromatic rings. The van der Waals surface area contributed by atoms with Crippen LogP contribution >= 0.6 is 11.3 Å². The van der Waals surface area contributed by atoms with Crippen molar-refractivity contribution < 1.29 is 9.59 Å². The van der Waals surface area contributed by atoms with Gasteiger partial charge >= 0.3 is 0 Å². The number of piperazine rings is 1. The molecule has 0 aliphatic carbocycles. The van der Waals surface area contributed by atoms with Crippen LogP contribution in [0.3, 0.4) is 0 Å². The van der Waals surface area contributed by atoms with Crippen molar-refractivity contribution in [2.75, 3.05) is 26.2 Å². The summed E-state index contributed by atoms with van der Waals surface area (Å²) in [6.45, 7) is 4.33. The van der Waals surface area contributed by atoms with Crippen molar-refractivity contribution in [2.45, 2.75) is 6.92 Å². The van der Waals surface area contributed by atoms with Gasteiger partial charge in [-0.05, 0) is 6.92 Å². The molecule has 0 spiro atoms. The molecule has 2 amide bonds. The maximum atomic E-state index is 12.0. The van der Waals surface area contributed by atoms with Crippen LogP contribution in [0.25, 0.3) is 0 Å². The van der Waals surface area contributed by atoms with Crippen LogP contribution in [0.4, 0.5) is 0 Å². The number of aryl methyl sites for hydroxylation is 1. The fourth-order valence-corrected chi connectivity index (χ4v) is 2.39. The van der Waals surface area contributed by atoms with Crippen molar-refractivity contribution in [3.05, 3.63) is 16.1 Å². The second kappa shape index (κ2) is 4.61. The van der Waals surface area contributed by atoms with Crippen molar-refractivity contribution in [2.24, 2.45) is 0 Å². The summed E-state index contributed by atoms with van der Waals surface area (Å²) in [5.41, 5.74) is 0. The van der Waals surface area contributed by atoms with Gasteiger partial charge in [-0.1, -0.05) is 0 Å². The molecule has 1 aromatic heterocycles. The summed E-state index contributed by atoms with van der Waals surface area (Å²) in [4.78, 5) is 30.7. The largest absolute Gasteiger partial charge is 0.342 e. The molecule has 0 saturated carbocycles. The van der Waals surface area contributed by atoms with Gasteiger partial charge < -0.3 is 9.80 Å². The minimum atomic E-state index is 0.0242. The van der Waals surface area contributed by atoms with E-state index in [1.807, 2.05) is 6.92 Å². The number of amides is 2. The first-order valence-electron chi connectivity index (χ1n) is 5.12. The van der Waals surface area contributed by atoms with Gasteiger partial charge in [0.15, 0.2) is 0 Å². The lowest BCUT2D eigenvalue weighted by molar-refractivity contribution is -0.119. The summed E-state index contributed by atoms with van der Waals surface area (Å²) in [6, 6.07) is 0. The highest BCUT2D eigenvalue weighted by Crippen LogP contribution is 2.15. The normalized spacial score (nSPS) is 16.3. The lowest BCUT2D eigenvalue weighted by atomic mass is 10.3. The molecule has 1 aliphatic heterocycles. The van der Waals surface area contributed by atoms with Gasteiger partial charge in [0.1, 0.15) is 4.88 Å². The van der Waals surface area contributed by atoms with E-state index in [2.05, 4.69) is 4.98 Å². The van der Waals surface area contributed by atoms with Gasteiger partial charge in [-0.3, -0.25) is 9.59 Å². The van der Waals surface area contributed by atoms with E-state index in [1.54, 1.807) is 16.0 Å². The van der Waals surface area contributed by atoms with Crippen LogP contribution in [0.2, 0.25) is 0 Å². The first-order chi connectivity index (χ1) is 7.70. The van der Waals surface area contributed by atoms with E-state index in [9.17, 15) is 9.59 Å². The summed E-state index contributed by atoms with van der Waals surface area (Å²) in [6.07, 6.45) is 2.45. The van der Waals surface area contributed by atoms with E-state index < -0.39 is 0 Å². The molecule has 1 aliphatic rings. The van der Waals surface area contributed by atoms with Crippen LogP contribution in [0.15, 0.2) is 6.20 Å². The molecular formula is C10H13N3O2S. The molecule has 0 aromatic carbocycles. The molecule has 2 heterocycles. The maximum absolute atomic E-state index is 12.0. The van der Waals surface area contributed by atoms with Gasteiger partial charge in [0, 0.05) is 26.2 Å². The van der Waals surface area contributed by atoms with E-state index in [0.717, 1.165) is 11.4 Å². The van der Waals surface area contributed by atoms with E-state index in [-0.39, 0.29) is 5.91 Å². The summed E-state index contributed by atoms with van der Waals surface area (Å²) >= 11 is 1.41. The van der Waals surface area contributed by atoms with Crippen molar-refractivity contribution in [1.82, 2.24) is 14.8 Å². The second-order valence-electron chi connectivity index (χ2n) is 3.68. The summed E-state index contributed by atoms with van der Waals surface area (Å²) in [5, 5.41) is 0.898. The molecular weight excluding hydrogens is 226 g/mol. The van der Waals surface area contributed by atoms with Crippen LogP contribution < -0.4 is 0 Å². The van der Waals surface area contributed by atoms with Gasteiger partial charge in [-0.2, -0.15) is 0 Å². The molecule has 16 heavy (non-hydrogen) atoms. The Morgan fingerprint density at radius 1 is 1.44 bits per heavy atom. The first kappa shape index (κ1) is 11.1. The van der Waals surface area contributed by atoms with E-state index >= 15 is 0 Å². The van der Waals surface area contributed by atoms with Gasteiger partial charge in [-0.15, -0.1) is 11.3 Å². The van der Waals surface area contributed by atoms with Crippen molar-refractivity contribution in [3.63, 3.8) is 0 Å². The third kappa shape index (κ3) is 2.21. The molecule has 6 heteroatoms. The zero-order valence-electron chi connectivity index (χ0n) is 9.05. The van der Waals surface area contributed by atoms with Crippen molar-refractivity contribution in [1.29, 1.82) is 0 Å². The van der Waals surface area contributed by atoms with Gasteiger partial charge in [0.2, 0.25) is 6.41 Å². The summed E-state index contributed by atoms with van der Waals surface area (Å²) < 4.78 is 0. The van der Waals surface area contributed by atoms with Crippen molar-refractivity contribution in [3.8, 4) is 0 Å². The first-order valence-corrected chi connectivity index (χ1v) is 5.93. The average molecular weight is 239 g/mol. The number of nitrogens with zero attached hydrogens (tertiary/aromatic N) is 3. The Kier molecular flexibility index (Phi) is 3.19. The van der Waals surface area contributed by atoms with Crippen LogP contribution in [0.1, 0.15) is 14.7 Å². The van der Waals surface area contributed by atoms with Gasteiger partial charge in [0.25, 0.3) is 5.91 Å². The van der Waals surface area contributed by atoms with E-state index in [0.29, 0.717) is 31.1 Å². The topological polar surface area (TPSA) is 53.5 Å². The standard InChI is InChI=1S/C10H13N3O2S/c1-8-11-6-9(16-8)10(15)13-4-2-12(7-14)3-5-13/h6-7H,2-5H2,1H3. The molecule has 1 fully saturated rings. The van der Waals surface area contributed by atoms with E-state index in [4.69, 9.17) is 0 Å². The number of hydrogen-bond acceptors (Lipinski definition) is 4. The summed E-state index contributed by atoms with van der Waals surface area (Å²) in [5.74, 6) is 0.0242. The SMILES string of the molecule is Cc1ncc(C(=O)N2CCN(C=O)CC2)s1. The molecule has 0 radical (unpaired) electrons. The lowest BCUT2D eigenvalue weighted by Crippen LogP contribution is -2.47. The highest BCUT2D eigenvalue weighted by atomic mass is 32.1. The third-order valence-electron chi connectivity index (χ3n) is 2.58. The monoisotopic (exact) mass is 239 g/mol. The van der Waals surface area contributed by atoms with Crippen LogP contribution in [0.5, 0.6) is 0 Å². The molecule has 0 N–H and O–H groups in total. The highest BCUT2D eigenvalue weighted by molar-refractivity contribution is 7.13. The fraction of sp³-hybridized carbons (Fsp3) is 0.500. The number of thiazole rings is 1. The minimum absolute atomic E-state index is 0.0242. The zero-order chi connectivity index (χ0) is 11.5. The highest BCUT2D eigenvalue weighted by Gasteiger charge is 2.22. The quantitative estimate of drug-likeness (QED) is 0.700. The Balaban J connectivity index is 1.99. The van der Waals surface area contributed by atoms with Crippen LogP contribution in [-0.4, -0.2) is 53.3 Å². The number of rotatable bonds is 2. The molecule has 0 bridgehead atoms. The maximum Gasteiger partial charge on any atom is 0.265 e. The summed E-state index contributed by atoms with van der Waals surface area (Å²) in [7, 11) is 0. The number of aromatic nitrogens is 1. The Bertz CT molecular complexity index is 397. The lowest BCUT2D eigenvalue weighted by Gasteiger charge is -2.32. The Morgan fingerprint density at radius 2 is 2.12 bits per heavy atom. The van der Waals surface area contributed by atoms with Crippen molar-refractivity contribution >= 4 is 23.7 Å². The molecule has 0 unspecified atom stereocenters. The molecule has 1 saturated heterocycles. The Labute approximate surface area is 97.7 Å². The molecule has 0 atom stereocenters. The smallest absolute Gasteiger partial charge is 0.265 e. The molecule has 5 nitrogen and oxygen atoms in total. The van der Waals surface area contributed by atoms with E-state index in [1.165, 1.54) is 11.3 Å². The predicted molar refractivity (Wildman–Crippen MR) is 60.4 cm³/mol.